The van der Waals surface area contributed by atoms with E-state index in [9.17, 15) is 4.79 Å². The first-order chi connectivity index (χ1) is 11.5. The molecular weight excluding hydrogens is 322 g/mol. The highest BCUT2D eigenvalue weighted by Gasteiger charge is 2.18. The lowest BCUT2D eigenvalue weighted by Gasteiger charge is -2.17. The summed E-state index contributed by atoms with van der Waals surface area (Å²) in [6, 6.07) is 11.3. The molecule has 4 nitrogen and oxygen atoms in total. The van der Waals surface area contributed by atoms with Gasteiger partial charge in [0, 0.05) is 22.6 Å². The van der Waals surface area contributed by atoms with Crippen LogP contribution in [0.15, 0.2) is 42.6 Å². The predicted octanol–water partition coefficient (Wildman–Crippen LogP) is 4.49. The van der Waals surface area contributed by atoms with Crippen LogP contribution in [0.25, 0.3) is 5.65 Å². The molecule has 2 heterocycles. The van der Waals surface area contributed by atoms with Crippen LogP contribution in [-0.4, -0.2) is 15.3 Å². The number of rotatable bonds is 4. The van der Waals surface area contributed by atoms with Gasteiger partial charge in [0.25, 0.3) is 5.91 Å². The minimum absolute atomic E-state index is 0.0861. The van der Waals surface area contributed by atoms with Gasteiger partial charge in [-0.05, 0) is 50.1 Å². The number of nitrogens with one attached hydrogen (secondary N) is 1. The van der Waals surface area contributed by atoms with Gasteiger partial charge in [0.2, 0.25) is 0 Å². The molecular formula is C19H20ClN3O. The number of carbonyl (C=O) groups excluding carboxylic acids is 1. The third-order valence-corrected chi connectivity index (χ3v) is 4.38. The van der Waals surface area contributed by atoms with Crippen molar-refractivity contribution >= 4 is 23.2 Å². The zero-order valence-electron chi connectivity index (χ0n) is 14.0. The second-order valence-electron chi connectivity index (χ2n) is 5.95. The molecule has 0 aliphatic carbocycles. The lowest BCUT2D eigenvalue weighted by Crippen LogP contribution is -2.28. The second kappa shape index (κ2) is 6.65. The molecule has 1 unspecified atom stereocenters. The van der Waals surface area contributed by atoms with E-state index in [1.54, 1.807) is 0 Å². The summed E-state index contributed by atoms with van der Waals surface area (Å²) in [6.45, 7) is 5.98. The highest BCUT2D eigenvalue weighted by Crippen LogP contribution is 2.22. The third kappa shape index (κ3) is 3.15. The van der Waals surface area contributed by atoms with Gasteiger partial charge in [-0.15, -0.1) is 0 Å². The smallest absolute Gasteiger partial charge is 0.255 e. The number of nitrogens with zero attached hydrogens (tertiary/aromatic N) is 2. The van der Waals surface area contributed by atoms with Crippen LogP contribution < -0.4 is 5.32 Å². The molecule has 0 radical (unpaired) electrons. The maximum atomic E-state index is 12.8. The van der Waals surface area contributed by atoms with Gasteiger partial charge in [0.15, 0.2) is 0 Å². The Balaban J connectivity index is 1.92. The van der Waals surface area contributed by atoms with Gasteiger partial charge < -0.3 is 9.72 Å². The Morgan fingerprint density at radius 3 is 2.79 bits per heavy atom. The van der Waals surface area contributed by atoms with E-state index in [2.05, 4.69) is 10.3 Å². The molecule has 24 heavy (non-hydrogen) atoms. The Hall–Kier alpha value is -2.33. The fourth-order valence-electron chi connectivity index (χ4n) is 2.95. The maximum absolute atomic E-state index is 12.8. The number of hydrogen-bond donors (Lipinski definition) is 1. The lowest BCUT2D eigenvalue weighted by molar-refractivity contribution is 0.0937. The van der Waals surface area contributed by atoms with Crippen molar-refractivity contribution in [2.45, 2.75) is 33.2 Å². The Kier molecular flexibility index (Phi) is 4.58. The van der Waals surface area contributed by atoms with Gasteiger partial charge in [0.05, 0.1) is 11.6 Å². The van der Waals surface area contributed by atoms with Crippen LogP contribution in [0.3, 0.4) is 0 Å². The molecule has 0 aliphatic rings. The minimum Gasteiger partial charge on any atom is -0.345 e. The zero-order chi connectivity index (χ0) is 17.3. The molecule has 0 bridgehead atoms. The maximum Gasteiger partial charge on any atom is 0.255 e. The van der Waals surface area contributed by atoms with E-state index in [0.717, 1.165) is 23.4 Å². The van der Waals surface area contributed by atoms with Gasteiger partial charge in [-0.3, -0.25) is 4.79 Å². The number of hydrogen-bond acceptors (Lipinski definition) is 2. The number of fused-ring (bicyclic) bond motifs is 1. The van der Waals surface area contributed by atoms with Crippen molar-refractivity contribution in [1.82, 2.24) is 14.7 Å². The van der Waals surface area contributed by atoms with Crippen molar-refractivity contribution in [2.75, 3.05) is 0 Å². The average Bonchev–Trinajstić information content (AvgIpc) is 2.96. The highest BCUT2D eigenvalue weighted by molar-refractivity contribution is 6.30. The first-order valence-electron chi connectivity index (χ1n) is 8.01. The Morgan fingerprint density at radius 2 is 2.08 bits per heavy atom. The van der Waals surface area contributed by atoms with Gasteiger partial charge in [-0.1, -0.05) is 30.7 Å². The molecule has 0 saturated heterocycles. The van der Waals surface area contributed by atoms with E-state index in [1.165, 1.54) is 0 Å². The molecule has 2 aromatic heterocycles. The zero-order valence-corrected chi connectivity index (χ0v) is 14.8. The minimum atomic E-state index is -0.123. The number of carbonyl (C=O) groups is 1. The van der Waals surface area contributed by atoms with Crippen LogP contribution in [0.2, 0.25) is 5.02 Å². The molecule has 1 amide bonds. The van der Waals surface area contributed by atoms with Crippen LogP contribution in [0.5, 0.6) is 0 Å². The molecule has 5 heteroatoms. The standard InChI is InChI=1S/C19H20ClN3O/c1-4-17(14-6-5-7-15(20)11-14)22-19(24)16-8-9-23-13(3)10-12(2)21-18(16)23/h5-11,17H,4H2,1-3H3,(H,22,24). The molecule has 3 rings (SSSR count). The first-order valence-corrected chi connectivity index (χ1v) is 8.39. The molecule has 3 aromatic rings. The summed E-state index contributed by atoms with van der Waals surface area (Å²) in [5, 5.41) is 3.76. The van der Waals surface area contributed by atoms with Crippen molar-refractivity contribution in [2.24, 2.45) is 0 Å². The molecule has 0 aliphatic heterocycles. The van der Waals surface area contributed by atoms with E-state index < -0.39 is 0 Å². The van der Waals surface area contributed by atoms with Crippen molar-refractivity contribution in [3.05, 3.63) is 70.1 Å². The number of aryl methyl sites for hydroxylation is 2. The predicted molar refractivity (Wildman–Crippen MR) is 96.6 cm³/mol. The molecule has 1 atom stereocenters. The molecule has 0 fully saturated rings. The summed E-state index contributed by atoms with van der Waals surface area (Å²) in [4.78, 5) is 17.3. The Labute approximate surface area is 146 Å². The van der Waals surface area contributed by atoms with Crippen molar-refractivity contribution in [3.63, 3.8) is 0 Å². The number of aromatic nitrogens is 2. The van der Waals surface area contributed by atoms with Crippen molar-refractivity contribution in [3.8, 4) is 0 Å². The second-order valence-corrected chi connectivity index (χ2v) is 6.39. The Bertz CT molecular complexity index is 901. The molecule has 1 aromatic carbocycles. The number of amides is 1. The van der Waals surface area contributed by atoms with Crippen molar-refractivity contribution in [1.29, 1.82) is 0 Å². The van der Waals surface area contributed by atoms with Crippen molar-refractivity contribution < 1.29 is 4.79 Å². The molecule has 1 N–H and O–H groups in total. The molecule has 0 spiro atoms. The monoisotopic (exact) mass is 341 g/mol. The number of halogens is 1. The van der Waals surface area contributed by atoms with Crippen LogP contribution in [-0.2, 0) is 0 Å². The first kappa shape index (κ1) is 16.5. The van der Waals surface area contributed by atoms with E-state index in [4.69, 9.17) is 11.6 Å². The summed E-state index contributed by atoms with van der Waals surface area (Å²) in [7, 11) is 0. The summed E-state index contributed by atoms with van der Waals surface area (Å²) < 4.78 is 1.93. The van der Waals surface area contributed by atoms with E-state index in [0.29, 0.717) is 16.2 Å². The van der Waals surface area contributed by atoms with Crippen LogP contribution >= 0.6 is 11.6 Å². The summed E-state index contributed by atoms with van der Waals surface area (Å²) in [6.07, 6.45) is 2.66. The molecule has 0 saturated carbocycles. The largest absolute Gasteiger partial charge is 0.345 e. The molecule has 124 valence electrons. The summed E-state index contributed by atoms with van der Waals surface area (Å²) in [5.41, 5.74) is 4.23. The van der Waals surface area contributed by atoms with Gasteiger partial charge in [0.1, 0.15) is 5.65 Å². The fourth-order valence-corrected chi connectivity index (χ4v) is 3.15. The van der Waals surface area contributed by atoms with Crippen LogP contribution in [0, 0.1) is 13.8 Å². The van der Waals surface area contributed by atoms with E-state index >= 15 is 0 Å². The summed E-state index contributed by atoms with van der Waals surface area (Å²) >= 11 is 6.07. The van der Waals surface area contributed by atoms with E-state index in [-0.39, 0.29) is 11.9 Å². The lowest BCUT2D eigenvalue weighted by atomic mass is 10.0. The topological polar surface area (TPSA) is 46.4 Å². The SMILES string of the molecule is CCC(NC(=O)c1ccn2c(C)cc(C)nc12)c1cccc(Cl)c1. The number of benzene rings is 1. The Morgan fingerprint density at radius 1 is 1.29 bits per heavy atom. The van der Waals surface area contributed by atoms with Gasteiger partial charge in [-0.2, -0.15) is 0 Å². The van der Waals surface area contributed by atoms with Crippen LogP contribution in [0.1, 0.15) is 46.7 Å². The third-order valence-electron chi connectivity index (χ3n) is 4.15. The van der Waals surface area contributed by atoms with Gasteiger partial charge >= 0.3 is 0 Å². The van der Waals surface area contributed by atoms with Gasteiger partial charge in [-0.25, -0.2) is 4.98 Å². The average molecular weight is 342 g/mol. The fraction of sp³-hybridized carbons (Fsp3) is 0.263. The highest BCUT2D eigenvalue weighted by atomic mass is 35.5. The summed E-state index contributed by atoms with van der Waals surface area (Å²) in [5.74, 6) is -0.123. The normalized spacial score (nSPS) is 12.3. The van der Waals surface area contributed by atoms with Crippen LogP contribution in [0.4, 0.5) is 0 Å². The quantitative estimate of drug-likeness (QED) is 0.760. The van der Waals surface area contributed by atoms with E-state index in [1.807, 2.05) is 67.8 Å².